The van der Waals surface area contributed by atoms with Crippen LogP contribution in [0.15, 0.2) is 66.7 Å². The van der Waals surface area contributed by atoms with E-state index in [0.29, 0.717) is 16.3 Å². The minimum absolute atomic E-state index is 0.160. The van der Waals surface area contributed by atoms with Crippen LogP contribution < -0.4 is 10.6 Å². The van der Waals surface area contributed by atoms with Gasteiger partial charge >= 0.3 is 0 Å². The minimum atomic E-state index is -0.202. The minimum Gasteiger partial charge on any atom is -0.338 e. The molecule has 192 valence electrons. The Morgan fingerprint density at radius 3 is 2.11 bits per heavy atom. The van der Waals surface area contributed by atoms with E-state index in [0.717, 1.165) is 65.1 Å². The van der Waals surface area contributed by atoms with Gasteiger partial charge < -0.3 is 15.6 Å². The third-order valence-electron chi connectivity index (χ3n) is 8.78. The summed E-state index contributed by atoms with van der Waals surface area (Å²) in [5, 5.41) is 6.74. The van der Waals surface area contributed by atoms with Crippen LogP contribution in [0.5, 0.6) is 0 Å². The van der Waals surface area contributed by atoms with E-state index in [2.05, 4.69) is 15.6 Å². The molecule has 4 aromatic rings. The molecule has 4 bridgehead atoms. The van der Waals surface area contributed by atoms with Gasteiger partial charge in [0.1, 0.15) is 5.82 Å². The van der Waals surface area contributed by atoms with Crippen molar-refractivity contribution in [1.29, 1.82) is 0 Å². The van der Waals surface area contributed by atoms with Crippen molar-refractivity contribution in [2.75, 3.05) is 10.6 Å². The number of anilines is 2. The number of carbonyl (C=O) groups excluding carboxylic acids is 2. The third kappa shape index (κ3) is 4.27. The number of hydrogen-bond donors (Lipinski definition) is 3. The van der Waals surface area contributed by atoms with Gasteiger partial charge in [-0.2, -0.15) is 0 Å². The highest BCUT2D eigenvalue weighted by atomic mass is 35.5. The molecule has 0 saturated heterocycles. The Morgan fingerprint density at radius 2 is 1.45 bits per heavy atom. The zero-order valence-corrected chi connectivity index (χ0v) is 21.7. The first-order valence-electron chi connectivity index (χ1n) is 13.4. The van der Waals surface area contributed by atoms with Crippen molar-refractivity contribution in [2.24, 2.45) is 23.2 Å². The molecule has 0 radical (unpaired) electrons. The lowest BCUT2D eigenvalue weighted by molar-refractivity contribution is -0.140. The number of halogens is 1. The van der Waals surface area contributed by atoms with Crippen LogP contribution >= 0.6 is 11.6 Å². The summed E-state index contributed by atoms with van der Waals surface area (Å²) in [7, 11) is 0. The van der Waals surface area contributed by atoms with Crippen LogP contribution in [-0.2, 0) is 4.79 Å². The van der Waals surface area contributed by atoms with E-state index in [-0.39, 0.29) is 17.2 Å². The van der Waals surface area contributed by atoms with Gasteiger partial charge in [0, 0.05) is 27.5 Å². The summed E-state index contributed by atoms with van der Waals surface area (Å²) < 4.78 is 0. The molecule has 4 fully saturated rings. The second kappa shape index (κ2) is 8.98. The van der Waals surface area contributed by atoms with Crippen LogP contribution in [-0.4, -0.2) is 21.8 Å². The van der Waals surface area contributed by atoms with Crippen LogP contribution in [0.25, 0.3) is 22.4 Å². The largest absolute Gasteiger partial charge is 0.338 e. The fraction of sp³-hybridized carbons (Fsp3) is 0.323. The summed E-state index contributed by atoms with van der Waals surface area (Å²) in [6.07, 6.45) is 7.16. The maximum Gasteiger partial charge on any atom is 0.255 e. The van der Waals surface area contributed by atoms with Gasteiger partial charge in [-0.3, -0.25) is 9.59 Å². The Morgan fingerprint density at radius 1 is 0.816 bits per heavy atom. The van der Waals surface area contributed by atoms with Crippen LogP contribution in [0.1, 0.15) is 48.9 Å². The molecule has 0 aliphatic heterocycles. The molecule has 6 nitrogen and oxygen atoms in total. The van der Waals surface area contributed by atoms with Crippen molar-refractivity contribution in [3.05, 3.63) is 77.3 Å². The zero-order chi connectivity index (χ0) is 25.9. The number of aromatic nitrogens is 2. The quantitative estimate of drug-likeness (QED) is 0.256. The van der Waals surface area contributed by atoms with Crippen molar-refractivity contribution in [3.63, 3.8) is 0 Å². The van der Waals surface area contributed by atoms with E-state index < -0.39 is 0 Å². The van der Waals surface area contributed by atoms with E-state index in [4.69, 9.17) is 16.6 Å². The Hall–Kier alpha value is -3.64. The summed E-state index contributed by atoms with van der Waals surface area (Å²) in [6, 6.07) is 20.3. The van der Waals surface area contributed by atoms with Gasteiger partial charge in [0.2, 0.25) is 5.91 Å². The number of imidazole rings is 1. The molecule has 2 amide bonds. The number of aromatic amines is 1. The molecule has 1 heterocycles. The third-order valence-corrected chi connectivity index (χ3v) is 9.03. The molecule has 4 saturated carbocycles. The fourth-order valence-corrected chi connectivity index (χ4v) is 7.52. The second-order valence-electron chi connectivity index (χ2n) is 11.5. The summed E-state index contributed by atoms with van der Waals surface area (Å²) in [5.74, 6) is 2.98. The average Bonchev–Trinajstić information content (AvgIpc) is 3.32. The monoisotopic (exact) mass is 524 g/mol. The maximum absolute atomic E-state index is 13.4. The van der Waals surface area contributed by atoms with Gasteiger partial charge in [-0.1, -0.05) is 11.6 Å². The highest BCUT2D eigenvalue weighted by Crippen LogP contribution is 2.60. The average molecular weight is 525 g/mol. The molecule has 1 aromatic heterocycles. The van der Waals surface area contributed by atoms with Crippen molar-refractivity contribution in [1.82, 2.24) is 9.97 Å². The zero-order valence-electron chi connectivity index (χ0n) is 21.0. The Kier molecular flexibility index (Phi) is 5.55. The van der Waals surface area contributed by atoms with Crippen LogP contribution in [0.4, 0.5) is 11.4 Å². The molecule has 0 atom stereocenters. The first-order chi connectivity index (χ1) is 18.4. The van der Waals surface area contributed by atoms with Gasteiger partial charge in [-0.15, -0.1) is 0 Å². The highest BCUT2D eigenvalue weighted by Gasteiger charge is 2.54. The molecule has 4 aliphatic rings. The smallest absolute Gasteiger partial charge is 0.255 e. The van der Waals surface area contributed by atoms with Crippen molar-refractivity contribution in [2.45, 2.75) is 38.5 Å². The van der Waals surface area contributed by atoms with Crippen LogP contribution in [0.3, 0.4) is 0 Å². The number of hydrogen-bond acceptors (Lipinski definition) is 3. The molecule has 0 unspecified atom stereocenters. The van der Waals surface area contributed by atoms with Crippen LogP contribution in [0.2, 0.25) is 5.02 Å². The number of nitrogens with zero attached hydrogens (tertiary/aromatic N) is 1. The SMILES string of the molecule is O=C(Nc1ccc2nc(-c3ccc(NC(=O)C45CC6CC(CC(C6)C4)C5)cc3)[nH]c2c1)c1ccc(Cl)cc1. The molecular formula is C31H29ClN4O2. The molecule has 4 aliphatic carbocycles. The number of amides is 2. The second-order valence-corrected chi connectivity index (χ2v) is 11.9. The Labute approximate surface area is 226 Å². The van der Waals surface area contributed by atoms with Crippen molar-refractivity contribution >= 4 is 45.8 Å². The van der Waals surface area contributed by atoms with E-state index in [1.54, 1.807) is 24.3 Å². The number of carbonyl (C=O) groups is 2. The van der Waals surface area contributed by atoms with Gasteiger partial charge in [-0.25, -0.2) is 4.98 Å². The lowest BCUT2D eigenvalue weighted by Gasteiger charge is -2.55. The fourth-order valence-electron chi connectivity index (χ4n) is 7.39. The predicted molar refractivity (Wildman–Crippen MR) is 150 cm³/mol. The van der Waals surface area contributed by atoms with E-state index in [1.807, 2.05) is 42.5 Å². The summed E-state index contributed by atoms with van der Waals surface area (Å²) in [4.78, 5) is 34.0. The molecule has 3 N–H and O–H groups in total. The topological polar surface area (TPSA) is 86.9 Å². The first kappa shape index (κ1) is 23.5. The molecule has 7 heteroatoms. The number of benzene rings is 3. The standard InChI is InChI=1S/C31H29ClN4O2/c32-23-5-1-22(2-6-23)29(37)33-25-9-10-26-27(14-25)36-28(35-26)21-3-7-24(8-4-21)34-30(38)31-15-18-11-19(16-31)13-20(12-18)17-31/h1-10,14,18-20H,11-13,15-17H2,(H,33,37)(H,34,38)(H,35,36). The predicted octanol–water partition coefficient (Wildman–Crippen LogP) is 7.29. The molecule has 8 rings (SSSR count). The molecule has 38 heavy (non-hydrogen) atoms. The van der Waals surface area contributed by atoms with E-state index >= 15 is 0 Å². The first-order valence-corrected chi connectivity index (χ1v) is 13.8. The Bertz CT molecular complexity index is 1510. The summed E-state index contributed by atoms with van der Waals surface area (Å²) in [6.45, 7) is 0. The lowest BCUT2D eigenvalue weighted by Crippen LogP contribution is -2.51. The number of nitrogens with one attached hydrogen (secondary N) is 3. The number of H-pyrrole nitrogens is 1. The normalized spacial score (nSPS) is 25.4. The molecule has 3 aromatic carbocycles. The van der Waals surface area contributed by atoms with Gasteiger partial charge in [0.15, 0.2) is 0 Å². The van der Waals surface area contributed by atoms with Crippen LogP contribution in [0, 0.1) is 23.2 Å². The molecule has 0 spiro atoms. The van der Waals surface area contributed by atoms with Crippen molar-refractivity contribution in [3.8, 4) is 11.4 Å². The Balaban J connectivity index is 1.05. The van der Waals surface area contributed by atoms with Gasteiger partial charge in [-0.05, 0) is 123 Å². The lowest BCUT2D eigenvalue weighted by atomic mass is 9.49. The maximum atomic E-state index is 13.4. The van der Waals surface area contributed by atoms with E-state index in [1.165, 1.54) is 19.3 Å². The number of rotatable bonds is 5. The van der Waals surface area contributed by atoms with E-state index in [9.17, 15) is 9.59 Å². The molecular weight excluding hydrogens is 496 g/mol. The summed E-state index contributed by atoms with van der Waals surface area (Å²) >= 11 is 5.92. The van der Waals surface area contributed by atoms with Gasteiger partial charge in [0.05, 0.1) is 16.4 Å². The van der Waals surface area contributed by atoms with Crippen molar-refractivity contribution < 1.29 is 9.59 Å². The van der Waals surface area contributed by atoms with Gasteiger partial charge in [0.25, 0.3) is 5.91 Å². The highest BCUT2D eigenvalue weighted by molar-refractivity contribution is 6.30. The summed E-state index contributed by atoms with van der Waals surface area (Å²) in [5.41, 5.74) is 4.45. The number of fused-ring (bicyclic) bond motifs is 1.